The van der Waals surface area contributed by atoms with E-state index in [0.29, 0.717) is 66.6 Å². The van der Waals surface area contributed by atoms with Crippen LogP contribution in [0.3, 0.4) is 0 Å². The van der Waals surface area contributed by atoms with Crippen LogP contribution in [-0.2, 0) is 24.2 Å². The minimum absolute atomic E-state index is 0.134. The Balaban J connectivity index is 1.31. The average molecular weight is 691 g/mol. The molecule has 0 bridgehead atoms. The van der Waals surface area contributed by atoms with Crippen LogP contribution in [-0.4, -0.2) is 82.5 Å². The van der Waals surface area contributed by atoms with Gasteiger partial charge in [-0.2, -0.15) is 5.10 Å². The van der Waals surface area contributed by atoms with Crippen molar-refractivity contribution in [3.8, 4) is 5.69 Å². The second kappa shape index (κ2) is 16.1. The molecule has 51 heavy (non-hydrogen) atoms. The maximum absolute atomic E-state index is 14.6. The Hall–Kier alpha value is -5.36. The predicted molar refractivity (Wildman–Crippen MR) is 195 cm³/mol. The first-order chi connectivity index (χ1) is 24.8. The molecule has 1 unspecified atom stereocenters. The predicted octanol–water partition coefficient (Wildman–Crippen LogP) is 5.40. The summed E-state index contributed by atoms with van der Waals surface area (Å²) in [5.41, 5.74) is 5.12. The van der Waals surface area contributed by atoms with Gasteiger partial charge in [-0.15, -0.1) is 0 Å². The zero-order valence-corrected chi connectivity index (χ0v) is 29.6. The third-order valence-corrected chi connectivity index (χ3v) is 9.42. The van der Waals surface area contributed by atoms with Crippen molar-refractivity contribution >= 4 is 29.2 Å². The molecule has 2 aromatic carbocycles. The molecule has 1 atom stereocenters. The molecule has 6 rings (SSSR count). The number of aromatic nitrogens is 5. The lowest BCUT2D eigenvalue weighted by Gasteiger charge is -2.36. The van der Waals surface area contributed by atoms with Crippen LogP contribution in [0.2, 0.25) is 0 Å². The van der Waals surface area contributed by atoms with Crippen molar-refractivity contribution in [1.82, 2.24) is 33.9 Å². The monoisotopic (exact) mass is 690 g/mol. The molecule has 5 aromatic rings. The fourth-order valence-electron chi connectivity index (χ4n) is 6.58. The molecule has 1 aliphatic heterocycles. The molecule has 0 fully saturated rings. The van der Waals surface area contributed by atoms with Gasteiger partial charge in [0, 0.05) is 62.4 Å². The highest BCUT2D eigenvalue weighted by atomic mass is 16.3. The standard InChI is InChI=1S/C39H46N8O4/c1-4-6-18-44(19-7-5-2)38(51)34-21-27(3)47(43-34)35-15-13-30(41-36(49)16-14-31-25-45-20-10-17-40-39(45)42-31)23-33(35)37(50)46-24-29-12-9-8-11-28(29)22-32(46)26-48/h8-13,15,17,20-21,23,25,32,48H,4-7,14,16,18-19,22,24,26H2,1-3H3,(H,41,49). The van der Waals surface area contributed by atoms with Crippen molar-refractivity contribution in [3.63, 3.8) is 0 Å². The Bertz CT molecular complexity index is 1980. The molecule has 1 aliphatic rings. The van der Waals surface area contributed by atoms with Crippen molar-refractivity contribution < 1.29 is 19.5 Å². The van der Waals surface area contributed by atoms with E-state index in [1.807, 2.05) is 58.9 Å². The first-order valence-corrected chi connectivity index (χ1v) is 17.9. The maximum atomic E-state index is 14.6. The molecule has 12 heteroatoms. The van der Waals surface area contributed by atoms with Gasteiger partial charge in [-0.05, 0) is 67.6 Å². The lowest BCUT2D eigenvalue weighted by atomic mass is 9.93. The van der Waals surface area contributed by atoms with Gasteiger partial charge in [0.05, 0.1) is 29.6 Å². The van der Waals surface area contributed by atoms with E-state index in [4.69, 9.17) is 5.10 Å². The van der Waals surface area contributed by atoms with Crippen LogP contribution >= 0.6 is 0 Å². The van der Waals surface area contributed by atoms with E-state index in [9.17, 15) is 19.5 Å². The normalized spacial score (nSPS) is 14.0. The van der Waals surface area contributed by atoms with E-state index in [-0.39, 0.29) is 30.7 Å². The largest absolute Gasteiger partial charge is 0.394 e. The smallest absolute Gasteiger partial charge is 0.274 e. The molecule has 4 heterocycles. The minimum atomic E-state index is -0.431. The van der Waals surface area contributed by atoms with E-state index in [0.717, 1.165) is 42.5 Å². The highest BCUT2D eigenvalue weighted by molar-refractivity contribution is 6.01. The van der Waals surface area contributed by atoms with E-state index in [1.165, 1.54) is 0 Å². The molecule has 2 N–H and O–H groups in total. The third kappa shape index (κ3) is 8.01. The summed E-state index contributed by atoms with van der Waals surface area (Å²) >= 11 is 0. The van der Waals surface area contributed by atoms with Crippen LogP contribution in [0.25, 0.3) is 11.5 Å². The fourth-order valence-corrected chi connectivity index (χ4v) is 6.58. The summed E-state index contributed by atoms with van der Waals surface area (Å²) in [5.74, 6) is -0.0951. The molecular weight excluding hydrogens is 644 g/mol. The second-order valence-corrected chi connectivity index (χ2v) is 13.2. The van der Waals surface area contributed by atoms with Crippen LogP contribution in [0.15, 0.2) is 73.2 Å². The Morgan fingerprint density at radius 2 is 1.76 bits per heavy atom. The van der Waals surface area contributed by atoms with Gasteiger partial charge in [-0.25, -0.2) is 14.6 Å². The quantitative estimate of drug-likeness (QED) is 0.159. The zero-order valence-electron chi connectivity index (χ0n) is 29.6. The average Bonchev–Trinajstić information content (AvgIpc) is 3.76. The molecule has 0 aliphatic carbocycles. The first-order valence-electron chi connectivity index (χ1n) is 17.9. The number of carbonyl (C=O) groups is 3. The number of unbranched alkanes of at least 4 members (excludes halogenated alkanes) is 2. The van der Waals surface area contributed by atoms with Gasteiger partial charge in [0.1, 0.15) is 0 Å². The number of aliphatic hydroxyl groups is 1. The van der Waals surface area contributed by atoms with Crippen molar-refractivity contribution in [2.45, 2.75) is 78.3 Å². The number of hydrogen-bond acceptors (Lipinski definition) is 7. The number of fused-ring (bicyclic) bond motifs is 2. The van der Waals surface area contributed by atoms with Gasteiger partial charge in [-0.1, -0.05) is 51.0 Å². The van der Waals surface area contributed by atoms with Crippen molar-refractivity contribution in [1.29, 1.82) is 0 Å². The summed E-state index contributed by atoms with van der Waals surface area (Å²) in [4.78, 5) is 53.7. The molecule has 3 amide bonds. The van der Waals surface area contributed by atoms with Gasteiger partial charge in [-0.3, -0.25) is 18.8 Å². The summed E-state index contributed by atoms with van der Waals surface area (Å²) in [7, 11) is 0. The lowest BCUT2D eigenvalue weighted by Crippen LogP contribution is -2.46. The number of nitrogens with one attached hydrogen (secondary N) is 1. The topological polar surface area (TPSA) is 138 Å². The number of aliphatic hydroxyl groups excluding tert-OH is 1. The summed E-state index contributed by atoms with van der Waals surface area (Å²) in [5, 5.41) is 18.1. The summed E-state index contributed by atoms with van der Waals surface area (Å²) in [6.45, 7) is 7.52. The minimum Gasteiger partial charge on any atom is -0.394 e. The van der Waals surface area contributed by atoms with Gasteiger partial charge in [0.2, 0.25) is 11.7 Å². The molecule has 12 nitrogen and oxygen atoms in total. The maximum Gasteiger partial charge on any atom is 0.274 e. The fraction of sp³-hybridized carbons (Fsp3) is 0.385. The number of amides is 3. The van der Waals surface area contributed by atoms with Crippen molar-refractivity contribution in [2.75, 3.05) is 25.0 Å². The molecular formula is C39H46N8O4. The highest BCUT2D eigenvalue weighted by Crippen LogP contribution is 2.29. The number of benzene rings is 2. The van der Waals surface area contributed by atoms with Crippen LogP contribution in [0.4, 0.5) is 5.69 Å². The molecule has 266 valence electrons. The Morgan fingerprint density at radius 3 is 2.49 bits per heavy atom. The number of anilines is 1. The second-order valence-electron chi connectivity index (χ2n) is 13.2. The molecule has 3 aromatic heterocycles. The number of carbonyl (C=O) groups excluding carboxylic acids is 3. The van der Waals surface area contributed by atoms with Gasteiger partial charge < -0.3 is 20.2 Å². The Labute approximate surface area is 298 Å². The van der Waals surface area contributed by atoms with E-state index < -0.39 is 6.04 Å². The first kappa shape index (κ1) is 35.5. The third-order valence-electron chi connectivity index (χ3n) is 9.42. The Kier molecular flexibility index (Phi) is 11.2. The zero-order chi connectivity index (χ0) is 35.9. The summed E-state index contributed by atoms with van der Waals surface area (Å²) < 4.78 is 3.44. The van der Waals surface area contributed by atoms with Crippen LogP contribution < -0.4 is 5.32 Å². The number of nitrogens with zero attached hydrogens (tertiary/aromatic N) is 7. The van der Waals surface area contributed by atoms with Gasteiger partial charge >= 0.3 is 0 Å². The van der Waals surface area contributed by atoms with Gasteiger partial charge in [0.15, 0.2) is 5.69 Å². The number of hydrogen-bond donors (Lipinski definition) is 2. The number of imidazole rings is 1. The Morgan fingerprint density at radius 1 is 1.00 bits per heavy atom. The van der Waals surface area contributed by atoms with Crippen LogP contribution in [0.1, 0.15) is 89.3 Å². The van der Waals surface area contributed by atoms with E-state index in [2.05, 4.69) is 29.1 Å². The molecule has 0 saturated heterocycles. The van der Waals surface area contributed by atoms with Crippen molar-refractivity contribution in [2.24, 2.45) is 0 Å². The van der Waals surface area contributed by atoms with E-state index >= 15 is 0 Å². The summed E-state index contributed by atoms with van der Waals surface area (Å²) in [6.07, 6.45) is 10.3. The van der Waals surface area contributed by atoms with Crippen LogP contribution in [0, 0.1) is 6.92 Å². The number of aryl methyl sites for hydroxylation is 2. The molecule has 0 saturated carbocycles. The number of rotatable bonds is 14. The van der Waals surface area contributed by atoms with Crippen molar-refractivity contribution in [3.05, 3.63) is 107 Å². The van der Waals surface area contributed by atoms with E-state index in [1.54, 1.807) is 40.0 Å². The lowest BCUT2D eigenvalue weighted by molar-refractivity contribution is -0.116. The summed E-state index contributed by atoms with van der Waals surface area (Å²) in [6, 6.07) is 16.2. The van der Waals surface area contributed by atoms with Gasteiger partial charge in [0.25, 0.3) is 11.8 Å². The molecule has 0 spiro atoms. The van der Waals surface area contributed by atoms with Crippen LogP contribution in [0.5, 0.6) is 0 Å². The SMILES string of the molecule is CCCCN(CCCC)C(=O)c1cc(C)n(-c2ccc(NC(=O)CCc3cn4cccnc4n3)cc2C(=O)N2Cc3ccccc3CC2CO)n1. The highest BCUT2D eigenvalue weighted by Gasteiger charge is 2.32. The molecule has 0 radical (unpaired) electrons.